The zero-order valence-electron chi connectivity index (χ0n) is 17.2. The van der Waals surface area contributed by atoms with Crippen molar-refractivity contribution in [3.63, 3.8) is 0 Å². The van der Waals surface area contributed by atoms with Crippen molar-refractivity contribution in [2.45, 2.75) is 57.5 Å². The number of sulfonamides is 1. The molecule has 29 heavy (non-hydrogen) atoms. The molecule has 2 aromatic rings. The molecule has 0 saturated heterocycles. The van der Waals surface area contributed by atoms with Gasteiger partial charge in [-0.15, -0.1) is 11.3 Å². The summed E-state index contributed by atoms with van der Waals surface area (Å²) in [4.78, 5) is 10.7. The van der Waals surface area contributed by atoms with Gasteiger partial charge in [0, 0.05) is 30.4 Å². The van der Waals surface area contributed by atoms with Gasteiger partial charge in [-0.25, -0.2) is 23.1 Å². The highest BCUT2D eigenvalue weighted by atomic mass is 32.2. The van der Waals surface area contributed by atoms with Gasteiger partial charge in [-0.2, -0.15) is 0 Å². The fourth-order valence-electron chi connectivity index (χ4n) is 2.71. The van der Waals surface area contributed by atoms with E-state index < -0.39 is 10.0 Å². The largest absolute Gasteiger partial charge is 0.357 e. The van der Waals surface area contributed by atoms with Crippen LogP contribution in [0.3, 0.4) is 0 Å². The van der Waals surface area contributed by atoms with Gasteiger partial charge in [0.2, 0.25) is 10.0 Å². The predicted octanol–water partition coefficient (Wildman–Crippen LogP) is 2.50. The van der Waals surface area contributed by atoms with Crippen molar-refractivity contribution in [1.29, 1.82) is 0 Å². The zero-order valence-corrected chi connectivity index (χ0v) is 18.8. The molecular weight excluding hydrogens is 406 g/mol. The molecule has 3 N–H and O–H groups in total. The van der Waals surface area contributed by atoms with Gasteiger partial charge in [0.15, 0.2) is 5.96 Å². The van der Waals surface area contributed by atoms with E-state index in [-0.39, 0.29) is 6.04 Å². The number of thiazole rings is 1. The first-order valence-electron chi connectivity index (χ1n) is 9.93. The Morgan fingerprint density at radius 1 is 1.21 bits per heavy atom. The Balaban J connectivity index is 1.54. The Bertz CT molecular complexity index is 928. The summed E-state index contributed by atoms with van der Waals surface area (Å²) in [6.07, 6.45) is 2.70. The Labute approximate surface area is 177 Å². The number of aliphatic imine (C=N–C) groups is 1. The van der Waals surface area contributed by atoms with Crippen LogP contribution in [-0.2, 0) is 23.0 Å². The maximum Gasteiger partial charge on any atom is 0.240 e. The summed E-state index contributed by atoms with van der Waals surface area (Å²) < 4.78 is 27.2. The minimum absolute atomic E-state index is 0.107. The number of benzene rings is 1. The second kappa shape index (κ2) is 9.69. The quantitative estimate of drug-likeness (QED) is 0.415. The Morgan fingerprint density at radius 3 is 2.52 bits per heavy atom. The van der Waals surface area contributed by atoms with Gasteiger partial charge in [0.05, 0.1) is 22.1 Å². The van der Waals surface area contributed by atoms with Crippen molar-refractivity contribution in [2.24, 2.45) is 4.99 Å². The molecule has 0 spiro atoms. The summed E-state index contributed by atoms with van der Waals surface area (Å²) >= 11 is 1.73. The van der Waals surface area contributed by atoms with Crippen LogP contribution in [0.2, 0.25) is 0 Å². The third-order valence-electron chi connectivity index (χ3n) is 4.60. The third-order valence-corrected chi connectivity index (χ3v) is 7.27. The number of aromatic nitrogens is 1. The molecule has 7 nitrogen and oxygen atoms in total. The minimum Gasteiger partial charge on any atom is -0.357 e. The molecule has 0 amide bonds. The standard InChI is InChI=1S/C20H29N5O2S2/c1-4-21-20(22-12-11-19-24-14(2)15(3)28-19)23-13-16-5-9-18(10-6-16)29(26,27)25-17-7-8-17/h5-6,9-10,17,25H,4,7-8,11-13H2,1-3H3,(H2,21,22,23). The van der Waals surface area contributed by atoms with E-state index in [4.69, 9.17) is 0 Å². The van der Waals surface area contributed by atoms with E-state index in [1.54, 1.807) is 23.5 Å². The minimum atomic E-state index is -3.41. The maximum atomic E-state index is 12.2. The van der Waals surface area contributed by atoms with Gasteiger partial charge in [0.25, 0.3) is 0 Å². The summed E-state index contributed by atoms with van der Waals surface area (Å²) in [5, 5.41) is 7.69. The molecule has 1 aromatic carbocycles. The lowest BCUT2D eigenvalue weighted by atomic mass is 10.2. The van der Waals surface area contributed by atoms with E-state index in [1.165, 1.54) is 4.88 Å². The number of nitrogens with zero attached hydrogens (tertiary/aromatic N) is 2. The van der Waals surface area contributed by atoms with Crippen molar-refractivity contribution >= 4 is 27.3 Å². The van der Waals surface area contributed by atoms with Gasteiger partial charge in [-0.1, -0.05) is 12.1 Å². The third kappa shape index (κ3) is 6.52. The van der Waals surface area contributed by atoms with E-state index in [1.807, 2.05) is 26.0 Å². The average Bonchev–Trinajstić information content (AvgIpc) is 3.43. The fraction of sp³-hybridized carbons (Fsp3) is 0.500. The average molecular weight is 436 g/mol. The second-order valence-corrected chi connectivity index (χ2v) is 10.2. The summed E-state index contributed by atoms with van der Waals surface area (Å²) in [5.41, 5.74) is 2.06. The number of nitrogens with one attached hydrogen (secondary N) is 3. The van der Waals surface area contributed by atoms with E-state index in [0.29, 0.717) is 11.4 Å². The predicted molar refractivity (Wildman–Crippen MR) is 118 cm³/mol. The molecule has 0 atom stereocenters. The number of hydrogen-bond acceptors (Lipinski definition) is 5. The number of hydrogen-bond donors (Lipinski definition) is 3. The number of rotatable bonds is 9. The van der Waals surface area contributed by atoms with Crippen LogP contribution in [-0.4, -0.2) is 38.5 Å². The van der Waals surface area contributed by atoms with Crippen LogP contribution < -0.4 is 15.4 Å². The zero-order chi connectivity index (χ0) is 20.9. The van der Waals surface area contributed by atoms with E-state index in [2.05, 4.69) is 32.3 Å². The Kier molecular flexibility index (Phi) is 7.26. The van der Waals surface area contributed by atoms with Crippen molar-refractivity contribution < 1.29 is 8.42 Å². The Morgan fingerprint density at radius 2 is 1.93 bits per heavy atom. The molecule has 158 valence electrons. The van der Waals surface area contributed by atoms with Gasteiger partial charge in [-0.05, 0) is 51.3 Å². The van der Waals surface area contributed by atoms with Gasteiger partial charge >= 0.3 is 0 Å². The first-order chi connectivity index (χ1) is 13.9. The van der Waals surface area contributed by atoms with Gasteiger partial charge < -0.3 is 10.6 Å². The molecule has 0 bridgehead atoms. The fourth-order valence-corrected chi connectivity index (χ4v) is 4.95. The van der Waals surface area contributed by atoms with Crippen LogP contribution in [0.15, 0.2) is 34.2 Å². The normalized spacial score (nSPS) is 14.8. The van der Waals surface area contributed by atoms with Crippen molar-refractivity contribution in [1.82, 2.24) is 20.3 Å². The highest BCUT2D eigenvalue weighted by Gasteiger charge is 2.27. The van der Waals surface area contributed by atoms with Crippen LogP contribution in [0.4, 0.5) is 0 Å². The highest BCUT2D eigenvalue weighted by molar-refractivity contribution is 7.89. The molecule has 1 fully saturated rings. The SMILES string of the molecule is CCNC(=NCc1ccc(S(=O)(=O)NC2CC2)cc1)NCCc1nc(C)c(C)s1. The molecule has 9 heteroatoms. The number of guanidine groups is 1. The molecular formula is C20H29N5O2S2. The molecule has 1 aromatic heterocycles. The molecule has 1 saturated carbocycles. The van der Waals surface area contributed by atoms with E-state index >= 15 is 0 Å². The maximum absolute atomic E-state index is 12.2. The van der Waals surface area contributed by atoms with E-state index in [9.17, 15) is 8.42 Å². The molecule has 0 unspecified atom stereocenters. The molecule has 0 aliphatic heterocycles. The van der Waals surface area contributed by atoms with Gasteiger partial charge in [-0.3, -0.25) is 0 Å². The van der Waals surface area contributed by atoms with Crippen LogP contribution in [0.5, 0.6) is 0 Å². The molecule has 1 aliphatic carbocycles. The summed E-state index contributed by atoms with van der Waals surface area (Å²) in [7, 11) is -3.41. The van der Waals surface area contributed by atoms with Crippen LogP contribution >= 0.6 is 11.3 Å². The first-order valence-corrected chi connectivity index (χ1v) is 12.2. The molecule has 1 heterocycles. The van der Waals surface area contributed by atoms with Crippen molar-refractivity contribution in [3.8, 4) is 0 Å². The summed E-state index contributed by atoms with van der Waals surface area (Å²) in [6, 6.07) is 7.02. The monoisotopic (exact) mass is 435 g/mol. The van der Waals surface area contributed by atoms with Crippen molar-refractivity contribution in [2.75, 3.05) is 13.1 Å². The molecule has 1 aliphatic rings. The van der Waals surface area contributed by atoms with Crippen LogP contribution in [0.1, 0.15) is 40.9 Å². The lowest BCUT2D eigenvalue weighted by Gasteiger charge is -2.11. The summed E-state index contributed by atoms with van der Waals surface area (Å²) in [5.74, 6) is 0.740. The lowest BCUT2D eigenvalue weighted by molar-refractivity contribution is 0.581. The smallest absolute Gasteiger partial charge is 0.240 e. The summed E-state index contributed by atoms with van der Waals surface area (Å²) in [6.45, 7) is 8.15. The molecule has 0 radical (unpaired) electrons. The topological polar surface area (TPSA) is 95.5 Å². The van der Waals surface area contributed by atoms with Crippen LogP contribution in [0, 0.1) is 13.8 Å². The first kappa shape index (κ1) is 21.7. The van der Waals surface area contributed by atoms with Crippen LogP contribution in [0.25, 0.3) is 0 Å². The van der Waals surface area contributed by atoms with E-state index in [0.717, 1.165) is 54.6 Å². The van der Waals surface area contributed by atoms with Crippen molar-refractivity contribution in [3.05, 3.63) is 45.4 Å². The highest BCUT2D eigenvalue weighted by Crippen LogP contribution is 2.22. The molecule has 3 rings (SSSR count). The second-order valence-electron chi connectivity index (χ2n) is 7.16. The lowest BCUT2D eigenvalue weighted by Crippen LogP contribution is -2.38. The Hall–Kier alpha value is -1.97. The van der Waals surface area contributed by atoms with Gasteiger partial charge in [0.1, 0.15) is 0 Å². The number of aryl methyl sites for hydroxylation is 2.